The normalized spacial score (nSPS) is 16.1. The van der Waals surface area contributed by atoms with Gasteiger partial charge in [-0.1, -0.05) is 26.7 Å². The molecule has 16 heavy (non-hydrogen) atoms. The summed E-state index contributed by atoms with van der Waals surface area (Å²) in [5.41, 5.74) is 0. The van der Waals surface area contributed by atoms with Crippen molar-refractivity contribution < 1.29 is 22.3 Å². The Kier molecular flexibility index (Phi) is 7.32. The fourth-order valence-corrected chi connectivity index (χ4v) is 3.42. The smallest absolute Gasteiger partial charge is 0.328 e. The predicted octanol–water partition coefficient (Wildman–Crippen LogP) is 4.44. The SMILES string of the molecule is CCCCOP(=O)(CCCC)CC(F)(F)F. The molecule has 0 aliphatic carbocycles. The number of rotatable bonds is 8. The average Bonchev–Trinajstić information content (AvgIpc) is 2.12. The first-order valence-corrected chi connectivity index (χ1v) is 7.62. The minimum absolute atomic E-state index is 0.0344. The van der Waals surface area contributed by atoms with Crippen LogP contribution in [0.2, 0.25) is 0 Å². The lowest BCUT2D eigenvalue weighted by atomic mass is 10.4. The lowest BCUT2D eigenvalue weighted by Crippen LogP contribution is -2.17. The van der Waals surface area contributed by atoms with E-state index in [0.717, 1.165) is 12.8 Å². The first-order chi connectivity index (χ1) is 7.33. The van der Waals surface area contributed by atoms with Crippen molar-refractivity contribution in [2.45, 2.75) is 45.7 Å². The van der Waals surface area contributed by atoms with Gasteiger partial charge in [-0.25, -0.2) is 0 Å². The third-order valence-electron chi connectivity index (χ3n) is 2.10. The summed E-state index contributed by atoms with van der Waals surface area (Å²) in [6.45, 7) is 3.92. The lowest BCUT2D eigenvalue weighted by Gasteiger charge is -2.19. The van der Waals surface area contributed by atoms with Gasteiger partial charge in [0, 0.05) is 6.16 Å². The second-order valence-electron chi connectivity index (χ2n) is 3.85. The van der Waals surface area contributed by atoms with Gasteiger partial charge in [0.1, 0.15) is 6.16 Å². The molecule has 1 atom stereocenters. The van der Waals surface area contributed by atoms with E-state index >= 15 is 0 Å². The molecule has 0 aliphatic rings. The number of halogens is 3. The van der Waals surface area contributed by atoms with Crippen molar-refractivity contribution >= 4 is 7.37 Å². The van der Waals surface area contributed by atoms with Crippen LogP contribution in [0.4, 0.5) is 13.2 Å². The molecule has 1 unspecified atom stereocenters. The van der Waals surface area contributed by atoms with Crippen molar-refractivity contribution in [2.75, 3.05) is 18.9 Å². The van der Waals surface area contributed by atoms with Gasteiger partial charge in [-0.15, -0.1) is 0 Å². The Bertz CT molecular complexity index is 229. The zero-order chi connectivity index (χ0) is 12.7. The molecular weight excluding hydrogens is 240 g/mol. The molecule has 0 radical (unpaired) electrons. The summed E-state index contributed by atoms with van der Waals surface area (Å²) in [7, 11) is -3.51. The van der Waals surface area contributed by atoms with Crippen molar-refractivity contribution in [3.8, 4) is 0 Å². The van der Waals surface area contributed by atoms with Crippen LogP contribution in [0, 0.1) is 0 Å². The van der Waals surface area contributed by atoms with Gasteiger partial charge >= 0.3 is 6.18 Å². The molecule has 0 fully saturated rings. The maximum Gasteiger partial charge on any atom is 0.397 e. The van der Waals surface area contributed by atoms with Crippen molar-refractivity contribution in [3.63, 3.8) is 0 Å². The van der Waals surface area contributed by atoms with Crippen LogP contribution in [-0.4, -0.2) is 25.1 Å². The van der Waals surface area contributed by atoms with E-state index in [2.05, 4.69) is 0 Å². The Balaban J connectivity index is 4.30. The van der Waals surface area contributed by atoms with Crippen LogP contribution in [-0.2, 0) is 9.09 Å². The van der Waals surface area contributed by atoms with Crippen LogP contribution in [0.3, 0.4) is 0 Å². The molecule has 0 amide bonds. The van der Waals surface area contributed by atoms with Gasteiger partial charge in [-0.2, -0.15) is 13.2 Å². The van der Waals surface area contributed by atoms with Crippen LogP contribution in [0.5, 0.6) is 0 Å². The van der Waals surface area contributed by atoms with E-state index in [1.165, 1.54) is 0 Å². The third-order valence-corrected chi connectivity index (χ3v) is 4.59. The number of hydrogen-bond acceptors (Lipinski definition) is 2. The van der Waals surface area contributed by atoms with Crippen LogP contribution >= 0.6 is 7.37 Å². The average molecular weight is 260 g/mol. The molecule has 0 saturated carbocycles. The topological polar surface area (TPSA) is 26.3 Å². The van der Waals surface area contributed by atoms with E-state index in [-0.39, 0.29) is 12.8 Å². The second-order valence-corrected chi connectivity index (χ2v) is 6.50. The number of hydrogen-bond donors (Lipinski definition) is 0. The van der Waals surface area contributed by atoms with Gasteiger partial charge in [0.2, 0.25) is 7.37 Å². The van der Waals surface area contributed by atoms with Crippen LogP contribution in [0.15, 0.2) is 0 Å². The van der Waals surface area contributed by atoms with Crippen molar-refractivity contribution in [1.82, 2.24) is 0 Å². The summed E-state index contributed by atoms with van der Waals surface area (Å²) in [5.74, 6) is 0. The summed E-state index contributed by atoms with van der Waals surface area (Å²) in [5, 5.41) is 0. The molecule has 6 heteroatoms. The molecule has 0 aromatic carbocycles. The Hall–Kier alpha value is -0.0200. The van der Waals surface area contributed by atoms with E-state index < -0.39 is 19.7 Å². The van der Waals surface area contributed by atoms with Crippen molar-refractivity contribution in [3.05, 3.63) is 0 Å². The zero-order valence-electron chi connectivity index (χ0n) is 9.85. The Morgan fingerprint density at radius 2 is 1.69 bits per heavy atom. The highest BCUT2D eigenvalue weighted by Gasteiger charge is 2.39. The highest BCUT2D eigenvalue weighted by Crippen LogP contribution is 2.51. The molecule has 2 nitrogen and oxygen atoms in total. The monoisotopic (exact) mass is 260 g/mol. The third kappa shape index (κ3) is 8.17. The van der Waals surface area contributed by atoms with Gasteiger partial charge in [0.15, 0.2) is 0 Å². The van der Waals surface area contributed by atoms with E-state index in [9.17, 15) is 17.7 Å². The molecule has 0 N–H and O–H groups in total. The maximum absolute atomic E-state index is 12.2. The molecular formula is C10H20F3O2P. The lowest BCUT2D eigenvalue weighted by molar-refractivity contribution is -0.108. The quantitative estimate of drug-likeness (QED) is 0.476. The Labute approximate surface area is 95.0 Å². The summed E-state index contributed by atoms with van der Waals surface area (Å²) in [4.78, 5) is 0. The molecule has 0 aliphatic heterocycles. The summed E-state index contributed by atoms with van der Waals surface area (Å²) >= 11 is 0. The van der Waals surface area contributed by atoms with Gasteiger partial charge in [-0.3, -0.25) is 4.57 Å². The number of alkyl halides is 3. The van der Waals surface area contributed by atoms with E-state index in [1.807, 2.05) is 13.8 Å². The van der Waals surface area contributed by atoms with E-state index in [1.54, 1.807) is 0 Å². The van der Waals surface area contributed by atoms with Gasteiger partial charge < -0.3 is 4.52 Å². The highest BCUT2D eigenvalue weighted by atomic mass is 31.2. The van der Waals surface area contributed by atoms with Gasteiger partial charge in [0.05, 0.1) is 6.61 Å². The standard InChI is InChI=1S/C10H20F3O2P/c1-3-5-7-15-16(14,8-6-4-2)9-10(11,12)13/h3-9H2,1-2H3. The van der Waals surface area contributed by atoms with Crippen LogP contribution in [0.25, 0.3) is 0 Å². The van der Waals surface area contributed by atoms with Gasteiger partial charge in [-0.05, 0) is 12.8 Å². The van der Waals surface area contributed by atoms with E-state index in [4.69, 9.17) is 4.52 Å². The van der Waals surface area contributed by atoms with Crippen LogP contribution in [0.1, 0.15) is 39.5 Å². The molecule has 98 valence electrons. The Morgan fingerprint density at radius 3 is 2.12 bits per heavy atom. The molecule has 0 saturated heterocycles. The molecule has 0 bridgehead atoms. The van der Waals surface area contributed by atoms with E-state index in [0.29, 0.717) is 12.8 Å². The molecule has 0 spiro atoms. The fraction of sp³-hybridized carbons (Fsp3) is 1.00. The van der Waals surface area contributed by atoms with Gasteiger partial charge in [0.25, 0.3) is 0 Å². The Morgan fingerprint density at radius 1 is 1.12 bits per heavy atom. The van der Waals surface area contributed by atoms with Crippen LogP contribution < -0.4 is 0 Å². The number of unbranched alkanes of at least 4 members (excludes halogenated alkanes) is 2. The maximum atomic E-state index is 12.2. The molecule has 0 aromatic rings. The summed E-state index contributed by atoms with van der Waals surface area (Å²) in [6, 6.07) is 0. The minimum atomic E-state index is -4.41. The predicted molar refractivity (Wildman–Crippen MR) is 59.2 cm³/mol. The summed E-state index contributed by atoms with van der Waals surface area (Å²) in [6.07, 6.45) is -2.96. The largest absolute Gasteiger partial charge is 0.397 e. The first kappa shape index (κ1) is 16.0. The van der Waals surface area contributed by atoms with Crippen molar-refractivity contribution in [1.29, 1.82) is 0 Å². The molecule has 0 aromatic heterocycles. The fourth-order valence-electron chi connectivity index (χ4n) is 1.24. The van der Waals surface area contributed by atoms with Crippen molar-refractivity contribution in [2.24, 2.45) is 0 Å². The summed E-state index contributed by atoms with van der Waals surface area (Å²) < 4.78 is 53.6. The highest BCUT2D eigenvalue weighted by molar-refractivity contribution is 7.59. The molecule has 0 heterocycles. The molecule has 0 rings (SSSR count). The second kappa shape index (κ2) is 7.33. The minimum Gasteiger partial charge on any atom is -0.328 e. The first-order valence-electron chi connectivity index (χ1n) is 5.62. The zero-order valence-corrected chi connectivity index (χ0v) is 10.7.